The van der Waals surface area contributed by atoms with Crippen molar-refractivity contribution in [2.45, 2.75) is 28.2 Å². The zero-order valence-electron chi connectivity index (χ0n) is 10.9. The van der Waals surface area contributed by atoms with Crippen LogP contribution >= 0.6 is 34.7 Å². The number of halogens is 1. The maximum Gasteiger partial charge on any atom is 0.253 e. The van der Waals surface area contributed by atoms with Crippen molar-refractivity contribution in [3.63, 3.8) is 0 Å². The number of ether oxygens (including phenoxy) is 1. The summed E-state index contributed by atoms with van der Waals surface area (Å²) >= 11 is 9.15. The van der Waals surface area contributed by atoms with Crippen molar-refractivity contribution in [2.24, 2.45) is 0 Å². The molecule has 1 saturated heterocycles. The molecule has 3 rings (SSSR count). The summed E-state index contributed by atoms with van der Waals surface area (Å²) in [5.41, 5.74) is 2.34. The van der Waals surface area contributed by atoms with Crippen molar-refractivity contribution in [1.82, 2.24) is 10.2 Å². The van der Waals surface area contributed by atoms with Crippen LogP contribution in [0.4, 0.5) is 5.69 Å². The molecule has 1 amide bonds. The van der Waals surface area contributed by atoms with E-state index in [4.69, 9.17) is 16.3 Å². The fourth-order valence-electron chi connectivity index (χ4n) is 1.97. The molecule has 1 N–H and O–H groups in total. The number of carbonyl (C=O) groups is 1. The number of nitrogens with zero attached hydrogens (tertiary/aromatic N) is 2. The molecular weight excluding hydrogens is 330 g/mol. The summed E-state index contributed by atoms with van der Waals surface area (Å²) in [5, 5.41) is 11.1. The molecule has 5 nitrogen and oxygen atoms in total. The fourth-order valence-corrected chi connectivity index (χ4v) is 3.70. The Hall–Kier alpha value is -1.15. The number of nitrogens with one attached hydrogen (secondary N) is 1. The molecule has 0 aliphatic carbocycles. The molecule has 0 spiro atoms. The van der Waals surface area contributed by atoms with Gasteiger partial charge in [-0.15, -0.1) is 10.2 Å². The summed E-state index contributed by atoms with van der Waals surface area (Å²) < 4.78 is 6.17. The van der Waals surface area contributed by atoms with Crippen molar-refractivity contribution in [2.75, 3.05) is 11.9 Å². The molecule has 21 heavy (non-hydrogen) atoms. The number of rotatable bonds is 4. The third-order valence-electron chi connectivity index (χ3n) is 2.96. The van der Waals surface area contributed by atoms with E-state index in [-0.39, 0.29) is 12.0 Å². The van der Waals surface area contributed by atoms with Gasteiger partial charge in [0.2, 0.25) is 0 Å². The first-order valence-electron chi connectivity index (χ1n) is 6.38. The summed E-state index contributed by atoms with van der Waals surface area (Å²) in [4.78, 5) is 12.8. The number of carbonyl (C=O) groups excluding carboxylic acids is 1. The minimum absolute atomic E-state index is 0.118. The highest BCUT2D eigenvalue weighted by Gasteiger charge is 2.23. The topological polar surface area (TPSA) is 64.1 Å². The van der Waals surface area contributed by atoms with E-state index in [2.05, 4.69) is 15.5 Å². The molecule has 1 fully saturated rings. The average Bonchev–Trinajstić information content (AvgIpc) is 3.14. The van der Waals surface area contributed by atoms with Crippen LogP contribution < -0.4 is 5.32 Å². The van der Waals surface area contributed by atoms with Crippen LogP contribution in [0.3, 0.4) is 0 Å². The van der Waals surface area contributed by atoms with Gasteiger partial charge in [-0.3, -0.25) is 4.79 Å². The van der Waals surface area contributed by atoms with Gasteiger partial charge in [-0.2, -0.15) is 0 Å². The van der Waals surface area contributed by atoms with Crippen molar-refractivity contribution >= 4 is 46.3 Å². The van der Waals surface area contributed by atoms with Gasteiger partial charge in [-0.05, 0) is 31.0 Å². The number of amides is 1. The van der Waals surface area contributed by atoms with E-state index in [0.717, 1.165) is 22.1 Å². The van der Waals surface area contributed by atoms with Crippen molar-refractivity contribution in [1.29, 1.82) is 0 Å². The SMILES string of the molecule is O=C(Nc1ccc(Sc2nncs2)c(Cl)c1)[C@@H]1CCCO1. The molecule has 0 unspecified atom stereocenters. The maximum absolute atomic E-state index is 12.0. The van der Waals surface area contributed by atoms with Gasteiger partial charge >= 0.3 is 0 Å². The first-order valence-corrected chi connectivity index (χ1v) is 8.46. The van der Waals surface area contributed by atoms with Crippen molar-refractivity contribution < 1.29 is 9.53 Å². The number of anilines is 1. The van der Waals surface area contributed by atoms with E-state index >= 15 is 0 Å². The quantitative estimate of drug-likeness (QED) is 0.922. The lowest BCUT2D eigenvalue weighted by Gasteiger charge is -2.11. The number of aromatic nitrogens is 2. The molecule has 2 heterocycles. The molecular formula is C13H12ClN3O2S2. The third kappa shape index (κ3) is 3.74. The summed E-state index contributed by atoms with van der Waals surface area (Å²) in [5.74, 6) is -0.118. The van der Waals surface area contributed by atoms with Gasteiger partial charge in [0.25, 0.3) is 5.91 Å². The van der Waals surface area contributed by atoms with Gasteiger partial charge in [0.1, 0.15) is 11.6 Å². The molecule has 1 aromatic carbocycles. The van der Waals surface area contributed by atoms with E-state index in [1.807, 2.05) is 12.1 Å². The lowest BCUT2D eigenvalue weighted by atomic mass is 10.2. The summed E-state index contributed by atoms with van der Waals surface area (Å²) in [7, 11) is 0. The Morgan fingerprint density at radius 1 is 1.52 bits per heavy atom. The Kier molecular flexibility index (Phi) is 4.74. The average molecular weight is 342 g/mol. The molecule has 0 saturated carbocycles. The Morgan fingerprint density at radius 2 is 2.43 bits per heavy atom. The Balaban J connectivity index is 1.67. The number of hydrogen-bond donors (Lipinski definition) is 1. The molecule has 1 aromatic heterocycles. The van der Waals surface area contributed by atoms with Crippen molar-refractivity contribution in [3.05, 3.63) is 28.7 Å². The molecule has 110 valence electrons. The summed E-state index contributed by atoms with van der Waals surface area (Å²) in [6.45, 7) is 0.649. The predicted molar refractivity (Wildman–Crippen MR) is 83.1 cm³/mol. The number of benzene rings is 1. The van der Waals surface area contributed by atoms with E-state index in [1.54, 1.807) is 11.6 Å². The maximum atomic E-state index is 12.0. The monoisotopic (exact) mass is 341 g/mol. The Bertz CT molecular complexity index is 630. The number of hydrogen-bond acceptors (Lipinski definition) is 6. The Morgan fingerprint density at radius 3 is 3.10 bits per heavy atom. The minimum Gasteiger partial charge on any atom is -0.368 e. The van der Waals surface area contributed by atoms with Crippen LogP contribution in [0.5, 0.6) is 0 Å². The highest BCUT2D eigenvalue weighted by Crippen LogP contribution is 2.35. The van der Waals surface area contributed by atoms with Crippen LogP contribution in [0.15, 0.2) is 32.9 Å². The van der Waals surface area contributed by atoms with Gasteiger partial charge < -0.3 is 10.1 Å². The zero-order chi connectivity index (χ0) is 14.7. The third-order valence-corrected chi connectivity index (χ3v) is 5.24. The van der Waals surface area contributed by atoms with Gasteiger partial charge in [0.15, 0.2) is 4.34 Å². The van der Waals surface area contributed by atoms with Crippen LogP contribution in [-0.2, 0) is 9.53 Å². The van der Waals surface area contributed by atoms with Gasteiger partial charge in [0.05, 0.1) is 5.02 Å². The van der Waals surface area contributed by atoms with E-state index < -0.39 is 0 Å². The van der Waals surface area contributed by atoms with Crippen molar-refractivity contribution in [3.8, 4) is 0 Å². The first kappa shape index (κ1) is 14.8. The highest BCUT2D eigenvalue weighted by molar-refractivity contribution is 8.01. The largest absolute Gasteiger partial charge is 0.368 e. The van der Waals surface area contributed by atoms with E-state index in [9.17, 15) is 4.79 Å². The molecule has 0 bridgehead atoms. The summed E-state index contributed by atoms with van der Waals surface area (Å²) in [6, 6.07) is 5.42. The van der Waals surface area contributed by atoms with Gasteiger partial charge in [0, 0.05) is 17.2 Å². The first-order chi connectivity index (χ1) is 10.2. The standard InChI is InChI=1S/C13H12ClN3O2S2/c14-9-6-8(16-12(18)10-2-1-5-19-10)3-4-11(9)21-13-17-15-7-20-13/h3-4,6-7,10H,1-2,5H2,(H,16,18)/t10-/m0/s1. The predicted octanol–water partition coefficient (Wildman–Crippen LogP) is 3.46. The second-order valence-electron chi connectivity index (χ2n) is 4.44. The molecule has 2 aromatic rings. The van der Waals surface area contributed by atoms with Gasteiger partial charge in [-0.25, -0.2) is 0 Å². The highest BCUT2D eigenvalue weighted by atomic mass is 35.5. The van der Waals surface area contributed by atoms with E-state index in [0.29, 0.717) is 17.3 Å². The van der Waals surface area contributed by atoms with Crippen LogP contribution in [0.25, 0.3) is 0 Å². The fraction of sp³-hybridized carbons (Fsp3) is 0.308. The molecule has 0 radical (unpaired) electrons. The van der Waals surface area contributed by atoms with Gasteiger partial charge in [-0.1, -0.05) is 34.7 Å². The van der Waals surface area contributed by atoms with Crippen LogP contribution in [0.2, 0.25) is 5.02 Å². The van der Waals surface area contributed by atoms with Crippen LogP contribution in [-0.4, -0.2) is 28.8 Å². The smallest absolute Gasteiger partial charge is 0.253 e. The van der Waals surface area contributed by atoms with Crippen LogP contribution in [0, 0.1) is 0 Å². The normalized spacial score (nSPS) is 17.9. The molecule has 8 heteroatoms. The molecule has 1 aliphatic rings. The zero-order valence-corrected chi connectivity index (χ0v) is 13.3. The minimum atomic E-state index is -0.348. The lowest BCUT2D eigenvalue weighted by Crippen LogP contribution is -2.26. The molecule has 1 aliphatic heterocycles. The second kappa shape index (κ2) is 6.74. The second-order valence-corrected chi connectivity index (χ2v) is 6.97. The Labute approximate surface area is 135 Å². The van der Waals surface area contributed by atoms with Crippen LogP contribution in [0.1, 0.15) is 12.8 Å². The summed E-state index contributed by atoms with van der Waals surface area (Å²) in [6.07, 6.45) is 1.35. The van der Waals surface area contributed by atoms with E-state index in [1.165, 1.54) is 23.1 Å². The molecule has 1 atom stereocenters. The lowest BCUT2D eigenvalue weighted by molar-refractivity contribution is -0.124.